The average Bonchev–Trinajstić information content (AvgIpc) is 3.41. The van der Waals surface area contributed by atoms with Gasteiger partial charge in [0.15, 0.2) is 0 Å². The van der Waals surface area contributed by atoms with Gasteiger partial charge in [-0.15, -0.1) is 11.6 Å². The summed E-state index contributed by atoms with van der Waals surface area (Å²) in [6.07, 6.45) is 16.4. The van der Waals surface area contributed by atoms with Crippen LogP contribution in [0, 0.1) is 0 Å². The molecule has 0 fully saturated rings. The van der Waals surface area contributed by atoms with Gasteiger partial charge in [0.25, 0.3) is 0 Å². The van der Waals surface area contributed by atoms with Crippen LogP contribution in [0.15, 0.2) is 18.2 Å². The smallest absolute Gasteiger partial charge is 0.337 e. The fourth-order valence-electron chi connectivity index (χ4n) is 8.77. The van der Waals surface area contributed by atoms with Gasteiger partial charge in [0.05, 0.1) is 41.1 Å². The summed E-state index contributed by atoms with van der Waals surface area (Å²) in [6.45, 7) is 13.7. The van der Waals surface area contributed by atoms with Gasteiger partial charge in [0.1, 0.15) is 11.5 Å². The second kappa shape index (κ2) is 21.4. The molecule has 0 bridgehead atoms. The van der Waals surface area contributed by atoms with E-state index in [-0.39, 0.29) is 10.6 Å². The van der Waals surface area contributed by atoms with Crippen molar-refractivity contribution in [2.45, 2.75) is 117 Å². The Hall–Kier alpha value is -2.94. The number of carboxylic acid groups (broad SMARTS) is 1. The molecule has 0 spiro atoms. The van der Waals surface area contributed by atoms with Crippen molar-refractivity contribution in [1.82, 2.24) is 0 Å². The van der Waals surface area contributed by atoms with E-state index in [1.165, 1.54) is 22.4 Å². The molecule has 10 heteroatoms. The minimum Gasteiger partial charge on any atom is -0.478 e. The van der Waals surface area contributed by atoms with Crippen LogP contribution in [-0.4, -0.2) is 63.0 Å². The number of halogens is 3. The van der Waals surface area contributed by atoms with E-state index in [1.54, 1.807) is 6.07 Å². The minimum atomic E-state index is -1.13. The van der Waals surface area contributed by atoms with Gasteiger partial charge >= 0.3 is 5.97 Å². The number of aryl methyl sites for hydroxylation is 2. The van der Waals surface area contributed by atoms with Gasteiger partial charge in [-0.2, -0.15) is 0 Å². The number of nitrogens with zero attached hydrogens (tertiary/aromatic N) is 1. The number of anilines is 2. The molecule has 0 amide bonds. The highest BCUT2D eigenvalue weighted by atomic mass is 35.5. The van der Waals surface area contributed by atoms with E-state index in [4.69, 9.17) is 49.0 Å². The van der Waals surface area contributed by atoms with E-state index in [0.29, 0.717) is 55.1 Å². The molecule has 6 rings (SSSR count). The first-order valence-electron chi connectivity index (χ1n) is 21.5. The lowest BCUT2D eigenvalue weighted by atomic mass is 9.83. The molecular weight excluding hydrogens is 779 g/mol. The molecule has 3 aromatic carbocycles. The Balaban J connectivity index is 1.46. The Morgan fingerprint density at radius 1 is 0.877 bits per heavy atom. The maximum atomic E-state index is 13.3. The van der Waals surface area contributed by atoms with Gasteiger partial charge in [0, 0.05) is 70.9 Å². The number of hydrogen-bond donors (Lipinski definition) is 2. The van der Waals surface area contributed by atoms with Crippen LogP contribution in [0.25, 0.3) is 12.2 Å². The van der Waals surface area contributed by atoms with Crippen molar-refractivity contribution in [1.29, 1.82) is 0 Å². The highest BCUT2D eigenvalue weighted by molar-refractivity contribution is 6.39. The Morgan fingerprint density at radius 2 is 1.65 bits per heavy atom. The number of aromatic carboxylic acids is 1. The van der Waals surface area contributed by atoms with Gasteiger partial charge in [-0.25, -0.2) is 4.79 Å². The van der Waals surface area contributed by atoms with Gasteiger partial charge in [-0.3, -0.25) is 0 Å². The SMILES string of the molecule is C=c1c(CCCCC)cc2c(c1CCCC)Oc1c(cc3c4c1CCCN4CCCC3)C=2c1c(Cl)c(NCCOCCOCCCCCCCl)cc(Cl)c1C(=O)O. The Kier molecular flexibility index (Phi) is 16.3. The van der Waals surface area contributed by atoms with Crippen LogP contribution in [0.1, 0.15) is 135 Å². The summed E-state index contributed by atoms with van der Waals surface area (Å²) in [4.78, 5) is 15.9. The van der Waals surface area contributed by atoms with E-state index in [9.17, 15) is 9.90 Å². The summed E-state index contributed by atoms with van der Waals surface area (Å²) in [6, 6.07) is 6.10. The highest BCUT2D eigenvalue weighted by Crippen LogP contribution is 2.50. The standard InChI is InChI=1S/C47H61Cl3N2O5/c1-4-6-10-16-32-28-36-40(42-41(47(53)54)38(49)30-39(43(42)50)51-21-25-56-27-26-55-24-14-9-8-12-20-48)37-29-33-17-11-13-22-52-23-15-19-35(44(33)52)46(37)57-45(36)34(31(32)3)18-7-5-2/h28-30,51H,3-27H2,1-2H3,(H,53,54). The first-order chi connectivity index (χ1) is 27.8. The van der Waals surface area contributed by atoms with Gasteiger partial charge in [0.2, 0.25) is 0 Å². The lowest BCUT2D eigenvalue weighted by molar-refractivity contribution is 0.0501. The fourth-order valence-corrected chi connectivity index (χ4v) is 9.55. The van der Waals surface area contributed by atoms with E-state index < -0.39 is 5.97 Å². The van der Waals surface area contributed by atoms with Gasteiger partial charge < -0.3 is 29.5 Å². The molecule has 0 radical (unpaired) electrons. The number of rotatable bonds is 22. The third-order valence-corrected chi connectivity index (χ3v) is 12.6. The molecule has 57 heavy (non-hydrogen) atoms. The number of carboxylic acids is 1. The Morgan fingerprint density at radius 3 is 2.42 bits per heavy atom. The first kappa shape index (κ1) is 43.6. The lowest BCUT2D eigenvalue weighted by Crippen LogP contribution is -2.32. The van der Waals surface area contributed by atoms with Crippen molar-refractivity contribution in [2.75, 3.05) is 62.2 Å². The van der Waals surface area contributed by atoms with E-state index in [2.05, 4.69) is 42.8 Å². The van der Waals surface area contributed by atoms with Crippen LogP contribution in [0.4, 0.5) is 11.4 Å². The number of nitrogens with one attached hydrogen (secondary N) is 1. The lowest BCUT2D eigenvalue weighted by Gasteiger charge is -2.36. The van der Waals surface area contributed by atoms with Crippen molar-refractivity contribution in [3.8, 4) is 11.5 Å². The largest absolute Gasteiger partial charge is 0.478 e. The Bertz CT molecular complexity index is 2000. The molecule has 3 aromatic rings. The summed E-state index contributed by atoms with van der Waals surface area (Å²) in [5.74, 6) is 1.16. The van der Waals surface area contributed by atoms with Crippen LogP contribution in [0.3, 0.4) is 0 Å². The van der Waals surface area contributed by atoms with Crippen LogP contribution in [0.5, 0.6) is 11.5 Å². The highest BCUT2D eigenvalue weighted by Gasteiger charge is 2.35. The topological polar surface area (TPSA) is 80.3 Å². The zero-order valence-electron chi connectivity index (χ0n) is 34.1. The van der Waals surface area contributed by atoms with Crippen LogP contribution < -0.4 is 25.4 Å². The second-order valence-corrected chi connectivity index (χ2v) is 16.9. The predicted molar refractivity (Wildman–Crippen MR) is 237 cm³/mol. The fraction of sp³-hybridized carbons (Fsp3) is 0.553. The summed E-state index contributed by atoms with van der Waals surface area (Å²) in [5, 5.41) is 16.6. The molecule has 3 aliphatic rings. The number of hydrogen-bond acceptors (Lipinski definition) is 6. The summed E-state index contributed by atoms with van der Waals surface area (Å²) < 4.78 is 18.8. The maximum Gasteiger partial charge on any atom is 0.337 e. The molecule has 0 aromatic heterocycles. The van der Waals surface area contributed by atoms with E-state index in [0.717, 1.165) is 154 Å². The molecular formula is C47H61Cl3N2O5. The van der Waals surface area contributed by atoms with Crippen molar-refractivity contribution in [3.05, 3.63) is 77.6 Å². The molecule has 2 N–H and O–H groups in total. The van der Waals surface area contributed by atoms with E-state index in [1.807, 2.05) is 0 Å². The number of benzene rings is 3. The summed E-state index contributed by atoms with van der Waals surface area (Å²) in [7, 11) is 0. The quantitative estimate of drug-likeness (QED) is 0.0603. The Labute approximate surface area is 354 Å². The molecule has 310 valence electrons. The zero-order valence-corrected chi connectivity index (χ0v) is 36.3. The number of alkyl halides is 1. The third-order valence-electron chi connectivity index (χ3n) is 11.7. The van der Waals surface area contributed by atoms with Crippen molar-refractivity contribution >= 4 is 64.3 Å². The number of fused-ring (bicyclic) bond motifs is 3. The minimum absolute atomic E-state index is 0.0105. The van der Waals surface area contributed by atoms with Gasteiger partial charge in [-0.05, 0) is 105 Å². The second-order valence-electron chi connectivity index (χ2n) is 15.7. The van der Waals surface area contributed by atoms with Crippen LogP contribution in [-0.2, 0) is 35.2 Å². The van der Waals surface area contributed by atoms with Crippen molar-refractivity contribution in [3.63, 3.8) is 0 Å². The predicted octanol–water partition coefficient (Wildman–Crippen LogP) is 10.9. The molecule has 7 nitrogen and oxygen atoms in total. The summed E-state index contributed by atoms with van der Waals surface area (Å²) in [5.41, 5.74) is 8.68. The molecule has 0 atom stereocenters. The first-order valence-corrected chi connectivity index (χ1v) is 22.8. The van der Waals surface area contributed by atoms with Crippen molar-refractivity contribution in [2.24, 2.45) is 0 Å². The summed E-state index contributed by atoms with van der Waals surface area (Å²) >= 11 is 20.2. The van der Waals surface area contributed by atoms with Gasteiger partial charge in [-0.1, -0.05) is 75.7 Å². The molecule has 0 saturated carbocycles. The number of ether oxygens (including phenoxy) is 3. The molecule has 0 saturated heterocycles. The van der Waals surface area contributed by atoms with E-state index >= 15 is 0 Å². The normalized spacial score (nSPS) is 14.5. The molecule has 0 aliphatic carbocycles. The number of carbonyl (C=O) groups is 1. The average molecular weight is 840 g/mol. The molecule has 0 unspecified atom stereocenters. The monoisotopic (exact) mass is 838 g/mol. The van der Waals surface area contributed by atoms with Crippen molar-refractivity contribution < 1.29 is 24.1 Å². The van der Waals surface area contributed by atoms with Crippen LogP contribution >= 0.6 is 34.8 Å². The molecule has 3 heterocycles. The third kappa shape index (κ3) is 10.1. The number of unbranched alkanes of at least 4 members (excludes halogenated alkanes) is 6. The maximum absolute atomic E-state index is 13.3. The zero-order chi connectivity index (χ0) is 40.3. The molecule has 3 aliphatic heterocycles. The van der Waals surface area contributed by atoms with Crippen LogP contribution in [0.2, 0.25) is 10.0 Å².